The van der Waals surface area contributed by atoms with E-state index in [9.17, 15) is 4.79 Å². The minimum atomic E-state index is -0.435. The standard InChI is InChI=1S/C13H13BrN2O3S/c1-3-19-13(17)11-12(20-7-15-11)16-10-6-8(18-2)4-5-9(10)14/h4-7,16H,3H2,1-2H3. The second-order valence-corrected chi connectivity index (χ2v) is 5.43. The van der Waals surface area contributed by atoms with Gasteiger partial charge >= 0.3 is 5.97 Å². The highest BCUT2D eigenvalue weighted by Crippen LogP contribution is 2.32. The van der Waals surface area contributed by atoms with Gasteiger partial charge < -0.3 is 14.8 Å². The number of ether oxygens (including phenoxy) is 2. The molecule has 0 fully saturated rings. The summed E-state index contributed by atoms with van der Waals surface area (Å²) in [4.78, 5) is 15.8. The number of rotatable bonds is 5. The Bertz CT molecular complexity index is 615. The second-order valence-electron chi connectivity index (χ2n) is 3.72. The first-order valence-electron chi connectivity index (χ1n) is 5.87. The molecule has 106 valence electrons. The number of anilines is 2. The lowest BCUT2D eigenvalue weighted by atomic mass is 10.3. The zero-order valence-electron chi connectivity index (χ0n) is 11.0. The molecule has 0 atom stereocenters. The van der Waals surface area contributed by atoms with Crippen molar-refractivity contribution in [1.82, 2.24) is 4.98 Å². The smallest absolute Gasteiger partial charge is 0.360 e. The number of hydrogen-bond acceptors (Lipinski definition) is 6. The van der Waals surface area contributed by atoms with Crippen LogP contribution in [0, 0.1) is 0 Å². The molecule has 1 N–H and O–H groups in total. The fourth-order valence-electron chi connectivity index (χ4n) is 1.53. The van der Waals surface area contributed by atoms with E-state index in [0.717, 1.165) is 15.9 Å². The van der Waals surface area contributed by atoms with E-state index in [1.807, 2.05) is 18.2 Å². The Hall–Kier alpha value is -1.60. The van der Waals surface area contributed by atoms with Gasteiger partial charge in [0, 0.05) is 10.5 Å². The van der Waals surface area contributed by atoms with E-state index in [1.54, 1.807) is 19.5 Å². The fourth-order valence-corrected chi connectivity index (χ4v) is 2.56. The maximum Gasteiger partial charge on any atom is 0.360 e. The molecule has 20 heavy (non-hydrogen) atoms. The zero-order chi connectivity index (χ0) is 14.5. The van der Waals surface area contributed by atoms with E-state index < -0.39 is 5.97 Å². The summed E-state index contributed by atoms with van der Waals surface area (Å²) in [7, 11) is 1.60. The van der Waals surface area contributed by atoms with Crippen LogP contribution in [0.2, 0.25) is 0 Å². The Morgan fingerprint density at radius 2 is 2.30 bits per heavy atom. The molecule has 0 spiro atoms. The molecule has 1 heterocycles. The molecule has 0 aliphatic rings. The Labute approximate surface area is 129 Å². The van der Waals surface area contributed by atoms with Crippen molar-refractivity contribution in [2.45, 2.75) is 6.92 Å². The molecule has 0 radical (unpaired) electrons. The average molecular weight is 357 g/mol. The molecule has 0 aliphatic carbocycles. The van der Waals surface area contributed by atoms with E-state index >= 15 is 0 Å². The van der Waals surface area contributed by atoms with Gasteiger partial charge in [0.05, 0.1) is 24.9 Å². The van der Waals surface area contributed by atoms with E-state index in [-0.39, 0.29) is 5.69 Å². The van der Waals surface area contributed by atoms with Crippen LogP contribution in [0.1, 0.15) is 17.4 Å². The lowest BCUT2D eigenvalue weighted by Gasteiger charge is -2.09. The quantitative estimate of drug-likeness (QED) is 0.824. The number of thiazole rings is 1. The van der Waals surface area contributed by atoms with E-state index in [2.05, 4.69) is 26.2 Å². The molecule has 0 saturated carbocycles. The molecule has 5 nitrogen and oxygen atoms in total. The number of nitrogens with one attached hydrogen (secondary N) is 1. The van der Waals surface area contributed by atoms with Gasteiger partial charge in [-0.25, -0.2) is 9.78 Å². The highest BCUT2D eigenvalue weighted by molar-refractivity contribution is 9.10. The van der Waals surface area contributed by atoms with Crippen molar-refractivity contribution < 1.29 is 14.3 Å². The first kappa shape index (κ1) is 14.8. The fraction of sp³-hybridized carbons (Fsp3) is 0.231. The Morgan fingerprint density at radius 3 is 3.00 bits per heavy atom. The van der Waals surface area contributed by atoms with Gasteiger partial charge in [0.15, 0.2) is 5.69 Å². The van der Waals surface area contributed by atoms with Crippen LogP contribution in [0.4, 0.5) is 10.7 Å². The number of benzene rings is 1. The molecular weight excluding hydrogens is 344 g/mol. The normalized spacial score (nSPS) is 10.2. The third kappa shape index (κ3) is 3.29. The van der Waals surface area contributed by atoms with Crippen LogP contribution in [-0.2, 0) is 4.74 Å². The summed E-state index contributed by atoms with van der Waals surface area (Å²) < 4.78 is 11.0. The third-order valence-electron chi connectivity index (χ3n) is 2.46. The lowest BCUT2D eigenvalue weighted by Crippen LogP contribution is -2.07. The SMILES string of the molecule is CCOC(=O)c1ncsc1Nc1cc(OC)ccc1Br. The minimum Gasteiger partial charge on any atom is -0.497 e. The van der Waals surface area contributed by atoms with Gasteiger partial charge in [-0.2, -0.15) is 0 Å². The van der Waals surface area contributed by atoms with Gasteiger partial charge in [-0.05, 0) is 35.0 Å². The molecule has 1 aromatic carbocycles. The van der Waals surface area contributed by atoms with E-state index in [1.165, 1.54) is 11.3 Å². The summed E-state index contributed by atoms with van der Waals surface area (Å²) in [5.74, 6) is 0.285. The van der Waals surface area contributed by atoms with Crippen molar-refractivity contribution in [2.75, 3.05) is 19.0 Å². The maximum atomic E-state index is 11.8. The first-order chi connectivity index (χ1) is 9.65. The van der Waals surface area contributed by atoms with Crippen LogP contribution in [-0.4, -0.2) is 24.7 Å². The monoisotopic (exact) mass is 356 g/mol. The van der Waals surface area contributed by atoms with Crippen LogP contribution < -0.4 is 10.1 Å². The van der Waals surface area contributed by atoms with Crippen molar-refractivity contribution >= 4 is 43.9 Å². The van der Waals surface area contributed by atoms with Crippen molar-refractivity contribution in [3.63, 3.8) is 0 Å². The predicted octanol–water partition coefficient (Wildman–Crippen LogP) is 3.83. The molecule has 0 bridgehead atoms. The Balaban J connectivity index is 2.26. The molecular formula is C13H13BrN2O3S. The van der Waals surface area contributed by atoms with Crippen LogP contribution in [0.15, 0.2) is 28.2 Å². The number of methoxy groups -OCH3 is 1. The average Bonchev–Trinajstić information content (AvgIpc) is 2.90. The number of carbonyl (C=O) groups is 1. The number of aromatic nitrogens is 1. The molecule has 0 saturated heterocycles. The summed E-state index contributed by atoms with van der Waals surface area (Å²) >= 11 is 4.78. The summed E-state index contributed by atoms with van der Waals surface area (Å²) in [6.45, 7) is 2.08. The number of nitrogens with zero attached hydrogens (tertiary/aromatic N) is 1. The van der Waals surface area contributed by atoms with Gasteiger partial charge in [0.1, 0.15) is 10.8 Å². The number of halogens is 1. The summed E-state index contributed by atoms with van der Waals surface area (Å²) in [6.07, 6.45) is 0. The third-order valence-corrected chi connectivity index (χ3v) is 3.89. The molecule has 1 aromatic heterocycles. The van der Waals surface area contributed by atoms with Gasteiger partial charge in [0.25, 0.3) is 0 Å². The molecule has 0 amide bonds. The minimum absolute atomic E-state index is 0.284. The van der Waals surface area contributed by atoms with E-state index in [4.69, 9.17) is 9.47 Å². The first-order valence-corrected chi connectivity index (χ1v) is 7.54. The molecule has 2 rings (SSSR count). The summed E-state index contributed by atoms with van der Waals surface area (Å²) in [6, 6.07) is 5.54. The van der Waals surface area contributed by atoms with Crippen molar-refractivity contribution in [1.29, 1.82) is 0 Å². The lowest BCUT2D eigenvalue weighted by molar-refractivity contribution is 0.0521. The highest BCUT2D eigenvalue weighted by atomic mass is 79.9. The van der Waals surface area contributed by atoms with Gasteiger partial charge in [-0.3, -0.25) is 0 Å². The topological polar surface area (TPSA) is 60.5 Å². The number of hydrogen-bond donors (Lipinski definition) is 1. The molecule has 0 aliphatic heterocycles. The van der Waals surface area contributed by atoms with Gasteiger partial charge in [-0.1, -0.05) is 0 Å². The Morgan fingerprint density at radius 1 is 1.50 bits per heavy atom. The van der Waals surface area contributed by atoms with Crippen molar-refractivity contribution in [3.8, 4) is 5.75 Å². The van der Waals surface area contributed by atoms with E-state index in [0.29, 0.717) is 11.6 Å². The molecule has 0 unspecified atom stereocenters. The molecule has 7 heteroatoms. The molecule has 2 aromatic rings. The summed E-state index contributed by atoms with van der Waals surface area (Å²) in [5, 5.41) is 3.80. The predicted molar refractivity (Wildman–Crippen MR) is 82.0 cm³/mol. The van der Waals surface area contributed by atoms with Crippen molar-refractivity contribution in [3.05, 3.63) is 33.9 Å². The van der Waals surface area contributed by atoms with Crippen LogP contribution >= 0.6 is 27.3 Å². The second kappa shape index (κ2) is 6.71. The van der Waals surface area contributed by atoms with Crippen molar-refractivity contribution in [2.24, 2.45) is 0 Å². The maximum absolute atomic E-state index is 11.8. The van der Waals surface area contributed by atoms with Crippen LogP contribution in [0.3, 0.4) is 0 Å². The zero-order valence-corrected chi connectivity index (χ0v) is 13.4. The highest BCUT2D eigenvalue weighted by Gasteiger charge is 2.17. The van der Waals surface area contributed by atoms with Crippen LogP contribution in [0.25, 0.3) is 0 Å². The largest absolute Gasteiger partial charge is 0.497 e. The summed E-state index contributed by atoms with van der Waals surface area (Å²) in [5.41, 5.74) is 2.67. The van der Waals surface area contributed by atoms with Gasteiger partial charge in [0.2, 0.25) is 0 Å². The van der Waals surface area contributed by atoms with Crippen LogP contribution in [0.5, 0.6) is 5.75 Å². The Kier molecular flexibility index (Phi) is 4.97. The van der Waals surface area contributed by atoms with Gasteiger partial charge in [-0.15, -0.1) is 11.3 Å². The number of carbonyl (C=O) groups excluding carboxylic acids is 1. The number of esters is 1.